The predicted molar refractivity (Wildman–Crippen MR) is 50.0 cm³/mol. The largest absolute Gasteiger partial charge is 0.354 e. The van der Waals surface area contributed by atoms with Crippen molar-refractivity contribution in [3.05, 3.63) is 24.0 Å². The molecule has 0 rings (SSSR count). The molecule has 0 spiro atoms. The molecule has 0 aliphatic rings. The average molecular weight is 190 g/mol. The molecule has 0 aromatic rings. The third-order valence-corrected chi connectivity index (χ3v) is 2.69. The molecule has 0 aliphatic heterocycles. The average Bonchev–Trinajstić information content (AvgIpc) is 1.98. The van der Waals surface area contributed by atoms with Crippen LogP contribution in [0, 0.1) is 0 Å². The fourth-order valence-electron chi connectivity index (χ4n) is 0.489. The Morgan fingerprint density at radius 2 is 2.25 bits per heavy atom. The fraction of sp³-hybridized carbons (Fsp3) is 0.500. The molecule has 0 amide bonds. The van der Waals surface area contributed by atoms with Crippen molar-refractivity contribution in [2.24, 2.45) is 0 Å². The number of allylic oxidation sites excluding steroid dienone is 2. The van der Waals surface area contributed by atoms with Crippen LogP contribution in [-0.2, 0) is 9.09 Å². The van der Waals surface area contributed by atoms with E-state index in [1.54, 1.807) is 6.08 Å². The molecule has 0 aromatic carbocycles. The van der Waals surface area contributed by atoms with E-state index in [0.717, 1.165) is 6.42 Å². The lowest BCUT2D eigenvalue weighted by molar-refractivity contribution is 0.294. The lowest BCUT2D eigenvalue weighted by atomic mass is 10.4. The molecule has 0 heterocycles. The van der Waals surface area contributed by atoms with Crippen LogP contribution < -0.4 is 0 Å². The maximum atomic E-state index is 11.1. The second-order valence-corrected chi connectivity index (χ2v) is 4.49. The molecular weight excluding hydrogens is 175 g/mol. The lowest BCUT2D eigenvalue weighted by Gasteiger charge is -2.08. The van der Waals surface area contributed by atoms with Crippen molar-refractivity contribution in [3.8, 4) is 0 Å². The molecule has 1 unspecified atom stereocenters. The van der Waals surface area contributed by atoms with E-state index in [0.29, 0.717) is 0 Å². The van der Waals surface area contributed by atoms with Gasteiger partial charge in [-0.15, -0.1) is 0 Å². The minimum Gasteiger partial charge on any atom is -0.321 e. The van der Waals surface area contributed by atoms with Gasteiger partial charge in [-0.05, 0) is 13.3 Å². The zero-order valence-corrected chi connectivity index (χ0v) is 8.38. The molecule has 0 aromatic heterocycles. The van der Waals surface area contributed by atoms with Crippen LogP contribution in [0.25, 0.3) is 0 Å². The molecule has 4 heteroatoms. The van der Waals surface area contributed by atoms with E-state index >= 15 is 0 Å². The van der Waals surface area contributed by atoms with Crippen molar-refractivity contribution >= 4 is 7.60 Å². The molecular formula is C8H15O3P. The van der Waals surface area contributed by atoms with E-state index in [1.807, 2.05) is 13.0 Å². The Morgan fingerprint density at radius 1 is 1.67 bits per heavy atom. The highest BCUT2D eigenvalue weighted by molar-refractivity contribution is 7.57. The first kappa shape index (κ1) is 11.6. The van der Waals surface area contributed by atoms with Gasteiger partial charge in [-0.1, -0.05) is 25.7 Å². The first-order chi connectivity index (χ1) is 5.50. The Balaban J connectivity index is 3.85. The minimum absolute atomic E-state index is 0.161. The predicted octanol–water partition coefficient (Wildman–Crippen LogP) is 2.69. The van der Waals surface area contributed by atoms with E-state index in [2.05, 4.69) is 6.58 Å². The first-order valence-electron chi connectivity index (χ1n) is 3.79. The zero-order valence-electron chi connectivity index (χ0n) is 7.49. The van der Waals surface area contributed by atoms with Crippen molar-refractivity contribution in [1.82, 2.24) is 0 Å². The first-order valence-corrected chi connectivity index (χ1v) is 5.37. The third-order valence-electron chi connectivity index (χ3n) is 1.23. The molecule has 1 atom stereocenters. The maximum absolute atomic E-state index is 11.1. The highest BCUT2D eigenvalue weighted by Gasteiger charge is 2.18. The molecule has 3 nitrogen and oxygen atoms in total. The molecule has 0 bridgehead atoms. The normalized spacial score (nSPS) is 16.2. The van der Waals surface area contributed by atoms with Crippen LogP contribution >= 0.6 is 7.60 Å². The Bertz CT molecular complexity index is 220. The van der Waals surface area contributed by atoms with Crippen LogP contribution in [0.4, 0.5) is 0 Å². The zero-order chi connectivity index (χ0) is 9.61. The summed E-state index contributed by atoms with van der Waals surface area (Å²) >= 11 is 0. The Morgan fingerprint density at radius 3 is 2.67 bits per heavy atom. The second kappa shape index (κ2) is 5.31. The SMILES string of the molecule is C=C(C)P(=O)(O)OCC=CCC. The molecule has 0 saturated heterocycles. The summed E-state index contributed by atoms with van der Waals surface area (Å²) in [6.07, 6.45) is 4.48. The summed E-state index contributed by atoms with van der Waals surface area (Å²) < 4.78 is 15.8. The van der Waals surface area contributed by atoms with Crippen molar-refractivity contribution in [2.45, 2.75) is 20.3 Å². The number of hydrogen-bond donors (Lipinski definition) is 1. The van der Waals surface area contributed by atoms with Gasteiger partial charge in [0.15, 0.2) is 0 Å². The summed E-state index contributed by atoms with van der Waals surface area (Å²) in [4.78, 5) is 9.09. The standard InChI is InChI=1S/C8H15O3P/c1-4-5-6-7-11-12(9,10)8(2)3/h5-6H,2,4,7H2,1,3H3,(H,9,10). The van der Waals surface area contributed by atoms with Crippen molar-refractivity contribution < 1.29 is 14.0 Å². The van der Waals surface area contributed by atoms with Gasteiger partial charge in [0.1, 0.15) is 0 Å². The minimum atomic E-state index is -3.55. The summed E-state index contributed by atoms with van der Waals surface area (Å²) in [5, 5.41) is 0.174. The number of rotatable bonds is 5. The van der Waals surface area contributed by atoms with Gasteiger partial charge >= 0.3 is 7.60 Å². The summed E-state index contributed by atoms with van der Waals surface area (Å²) in [6.45, 7) is 6.98. The van der Waals surface area contributed by atoms with Crippen LogP contribution in [0.15, 0.2) is 24.0 Å². The Labute approximate surface area is 73.3 Å². The topological polar surface area (TPSA) is 46.5 Å². The van der Waals surface area contributed by atoms with Gasteiger partial charge in [-0.2, -0.15) is 0 Å². The molecule has 0 fully saturated rings. The van der Waals surface area contributed by atoms with Crippen LogP contribution in [0.1, 0.15) is 20.3 Å². The number of hydrogen-bond acceptors (Lipinski definition) is 2. The van der Waals surface area contributed by atoms with Crippen LogP contribution in [0.5, 0.6) is 0 Å². The fourth-order valence-corrected chi connectivity index (χ4v) is 0.997. The van der Waals surface area contributed by atoms with Crippen LogP contribution in [0.2, 0.25) is 0 Å². The molecule has 12 heavy (non-hydrogen) atoms. The van der Waals surface area contributed by atoms with E-state index in [1.165, 1.54) is 6.92 Å². The summed E-state index contributed by atoms with van der Waals surface area (Å²) in [7, 11) is -3.55. The van der Waals surface area contributed by atoms with Crippen molar-refractivity contribution in [1.29, 1.82) is 0 Å². The summed E-state index contributed by atoms with van der Waals surface area (Å²) in [5.41, 5.74) is 0. The molecule has 0 aliphatic carbocycles. The van der Waals surface area contributed by atoms with Crippen LogP contribution in [-0.4, -0.2) is 11.5 Å². The lowest BCUT2D eigenvalue weighted by Crippen LogP contribution is -1.89. The molecule has 0 saturated carbocycles. The second-order valence-electron chi connectivity index (χ2n) is 2.43. The molecule has 70 valence electrons. The van der Waals surface area contributed by atoms with Gasteiger partial charge in [0.05, 0.1) is 6.61 Å². The van der Waals surface area contributed by atoms with Gasteiger partial charge < -0.3 is 9.42 Å². The Hall–Kier alpha value is -0.370. The van der Waals surface area contributed by atoms with Gasteiger partial charge in [0.2, 0.25) is 0 Å². The van der Waals surface area contributed by atoms with E-state index in [4.69, 9.17) is 9.42 Å². The quantitative estimate of drug-likeness (QED) is 0.535. The smallest absolute Gasteiger partial charge is 0.321 e. The van der Waals surface area contributed by atoms with E-state index in [-0.39, 0.29) is 11.9 Å². The van der Waals surface area contributed by atoms with Crippen molar-refractivity contribution in [2.75, 3.05) is 6.61 Å². The van der Waals surface area contributed by atoms with Gasteiger partial charge in [-0.3, -0.25) is 4.57 Å². The monoisotopic (exact) mass is 190 g/mol. The molecule has 1 N–H and O–H groups in total. The van der Waals surface area contributed by atoms with Gasteiger partial charge in [-0.25, -0.2) is 0 Å². The van der Waals surface area contributed by atoms with Gasteiger partial charge in [0, 0.05) is 5.31 Å². The van der Waals surface area contributed by atoms with E-state index in [9.17, 15) is 4.57 Å². The summed E-state index contributed by atoms with van der Waals surface area (Å²) in [5.74, 6) is 0. The Kier molecular flexibility index (Phi) is 5.14. The maximum Gasteiger partial charge on any atom is 0.354 e. The third kappa shape index (κ3) is 4.50. The van der Waals surface area contributed by atoms with Crippen molar-refractivity contribution in [3.63, 3.8) is 0 Å². The highest BCUT2D eigenvalue weighted by Crippen LogP contribution is 2.49. The summed E-state index contributed by atoms with van der Waals surface area (Å²) in [6, 6.07) is 0. The van der Waals surface area contributed by atoms with Crippen LogP contribution in [0.3, 0.4) is 0 Å². The highest BCUT2D eigenvalue weighted by atomic mass is 31.2. The van der Waals surface area contributed by atoms with Gasteiger partial charge in [0.25, 0.3) is 0 Å². The molecule has 0 radical (unpaired) electrons. The van der Waals surface area contributed by atoms with E-state index < -0.39 is 7.60 Å².